The average molecular weight is 332 g/mol. The molecule has 1 aromatic carbocycles. The number of piperidine rings is 1. The molecule has 2 rings (SSSR count). The van der Waals surface area contributed by atoms with Crippen LogP contribution in [0.5, 0.6) is 0 Å². The van der Waals surface area contributed by atoms with Gasteiger partial charge < -0.3 is 10.6 Å². The Labute approximate surface area is 129 Å². The molecule has 0 spiro atoms. The van der Waals surface area contributed by atoms with Crippen molar-refractivity contribution in [2.24, 2.45) is 0 Å². The van der Waals surface area contributed by atoms with E-state index in [0.29, 0.717) is 36.5 Å². The fourth-order valence-electron chi connectivity index (χ4n) is 2.40. The van der Waals surface area contributed by atoms with Gasteiger partial charge in [0, 0.05) is 19.1 Å². The highest BCUT2D eigenvalue weighted by atomic mass is 35.5. The number of likely N-dealkylation sites (tertiary alicyclic amines) is 1. The van der Waals surface area contributed by atoms with Gasteiger partial charge in [-0.3, -0.25) is 4.79 Å². The highest BCUT2D eigenvalue weighted by Crippen LogP contribution is 2.24. The van der Waals surface area contributed by atoms with Crippen LogP contribution in [-0.2, 0) is 10.0 Å². The van der Waals surface area contributed by atoms with Gasteiger partial charge in [0.05, 0.1) is 22.5 Å². The molecular formula is C13H18ClN3O3S. The normalized spacial score (nSPS) is 17.0. The second-order valence-corrected chi connectivity index (χ2v) is 7.34. The van der Waals surface area contributed by atoms with Gasteiger partial charge in [-0.05, 0) is 25.0 Å². The summed E-state index contributed by atoms with van der Waals surface area (Å²) in [7, 11) is -3.22. The summed E-state index contributed by atoms with van der Waals surface area (Å²) in [6, 6.07) is 4.84. The number of benzene rings is 1. The first-order valence-corrected chi connectivity index (χ1v) is 8.85. The van der Waals surface area contributed by atoms with Gasteiger partial charge in [0.25, 0.3) is 5.91 Å². The molecule has 116 valence electrons. The molecule has 1 heterocycles. The van der Waals surface area contributed by atoms with Crippen LogP contribution in [0.1, 0.15) is 23.2 Å². The summed E-state index contributed by atoms with van der Waals surface area (Å²) in [5.41, 5.74) is 6.49. The third-order valence-electron chi connectivity index (χ3n) is 3.45. The van der Waals surface area contributed by atoms with E-state index in [1.165, 1.54) is 0 Å². The fraction of sp³-hybridized carbons (Fsp3) is 0.462. The van der Waals surface area contributed by atoms with Crippen LogP contribution in [0.25, 0.3) is 0 Å². The highest BCUT2D eigenvalue weighted by molar-refractivity contribution is 7.88. The van der Waals surface area contributed by atoms with E-state index in [1.807, 2.05) is 0 Å². The molecule has 1 fully saturated rings. The number of hydrogen-bond donors (Lipinski definition) is 2. The number of nitrogens with zero attached hydrogens (tertiary/aromatic N) is 1. The molecule has 1 aromatic rings. The van der Waals surface area contributed by atoms with E-state index in [1.54, 1.807) is 23.1 Å². The summed E-state index contributed by atoms with van der Waals surface area (Å²) in [4.78, 5) is 14.1. The molecule has 1 aliphatic heterocycles. The van der Waals surface area contributed by atoms with Crippen molar-refractivity contribution in [1.82, 2.24) is 9.62 Å². The number of halogens is 1. The van der Waals surface area contributed by atoms with Crippen molar-refractivity contribution in [2.75, 3.05) is 25.1 Å². The number of nitrogen functional groups attached to an aromatic ring is 1. The summed E-state index contributed by atoms with van der Waals surface area (Å²) < 4.78 is 25.0. The third-order valence-corrected chi connectivity index (χ3v) is 4.54. The van der Waals surface area contributed by atoms with Crippen LogP contribution in [0.2, 0.25) is 5.02 Å². The second kappa shape index (κ2) is 6.21. The number of carbonyl (C=O) groups is 1. The molecular weight excluding hydrogens is 314 g/mol. The molecule has 8 heteroatoms. The molecule has 0 atom stereocenters. The second-order valence-electron chi connectivity index (χ2n) is 5.16. The van der Waals surface area contributed by atoms with Crippen LogP contribution >= 0.6 is 11.6 Å². The zero-order valence-electron chi connectivity index (χ0n) is 11.7. The van der Waals surface area contributed by atoms with E-state index in [2.05, 4.69) is 4.72 Å². The topological polar surface area (TPSA) is 92.5 Å². The molecule has 1 aliphatic rings. The molecule has 21 heavy (non-hydrogen) atoms. The standard InChI is InChI=1S/C13H18ClN3O3S/c1-21(19,20)16-9-5-7-17(8-6-9)13(18)10-3-2-4-11(14)12(10)15/h2-4,9,16H,5-8,15H2,1H3. The number of sulfonamides is 1. The number of nitrogens with one attached hydrogen (secondary N) is 1. The lowest BCUT2D eigenvalue weighted by molar-refractivity contribution is 0.0712. The Morgan fingerprint density at radius 1 is 1.38 bits per heavy atom. The Bertz CT molecular complexity index is 640. The molecule has 0 unspecified atom stereocenters. The minimum Gasteiger partial charge on any atom is -0.397 e. The predicted octanol–water partition coefficient (Wildman–Crippen LogP) is 1.08. The molecule has 0 aliphatic carbocycles. The number of rotatable bonds is 3. The smallest absolute Gasteiger partial charge is 0.255 e. The maximum Gasteiger partial charge on any atom is 0.255 e. The Kier molecular flexibility index (Phi) is 4.75. The molecule has 1 amide bonds. The summed E-state index contributed by atoms with van der Waals surface area (Å²) in [6.07, 6.45) is 2.30. The van der Waals surface area contributed by atoms with Gasteiger partial charge in [0.1, 0.15) is 0 Å². The summed E-state index contributed by atoms with van der Waals surface area (Å²) in [5, 5.41) is 0.356. The Hall–Kier alpha value is -1.31. The van der Waals surface area contributed by atoms with Crippen molar-refractivity contribution < 1.29 is 13.2 Å². The first kappa shape index (κ1) is 16.1. The third kappa shape index (κ3) is 4.09. The van der Waals surface area contributed by atoms with Gasteiger partial charge in [-0.25, -0.2) is 13.1 Å². The van der Waals surface area contributed by atoms with Gasteiger partial charge in [0.2, 0.25) is 10.0 Å². The summed E-state index contributed by atoms with van der Waals surface area (Å²) in [6.45, 7) is 0.968. The van der Waals surface area contributed by atoms with Crippen LogP contribution < -0.4 is 10.5 Å². The maximum absolute atomic E-state index is 12.4. The lowest BCUT2D eigenvalue weighted by Gasteiger charge is -2.32. The lowest BCUT2D eigenvalue weighted by Crippen LogP contribution is -2.46. The molecule has 0 radical (unpaired) electrons. The fourth-order valence-corrected chi connectivity index (χ4v) is 3.41. The van der Waals surface area contributed by atoms with Gasteiger partial charge in [-0.1, -0.05) is 17.7 Å². The van der Waals surface area contributed by atoms with Crippen molar-refractivity contribution in [1.29, 1.82) is 0 Å². The SMILES string of the molecule is CS(=O)(=O)NC1CCN(C(=O)c2cccc(Cl)c2N)CC1. The van der Waals surface area contributed by atoms with E-state index in [0.717, 1.165) is 6.26 Å². The van der Waals surface area contributed by atoms with Crippen molar-refractivity contribution in [3.8, 4) is 0 Å². The molecule has 1 saturated heterocycles. The highest BCUT2D eigenvalue weighted by Gasteiger charge is 2.26. The molecule has 6 nitrogen and oxygen atoms in total. The van der Waals surface area contributed by atoms with Gasteiger partial charge in [0.15, 0.2) is 0 Å². The number of para-hydroxylation sites is 1. The van der Waals surface area contributed by atoms with Crippen molar-refractivity contribution in [3.05, 3.63) is 28.8 Å². The maximum atomic E-state index is 12.4. The molecule has 0 saturated carbocycles. The van der Waals surface area contributed by atoms with Crippen molar-refractivity contribution in [2.45, 2.75) is 18.9 Å². The van der Waals surface area contributed by atoms with E-state index < -0.39 is 10.0 Å². The molecule has 0 aromatic heterocycles. The number of nitrogens with two attached hydrogens (primary N) is 1. The number of hydrogen-bond acceptors (Lipinski definition) is 4. The minimum absolute atomic E-state index is 0.124. The summed E-state index contributed by atoms with van der Waals surface area (Å²) in [5.74, 6) is -0.173. The lowest BCUT2D eigenvalue weighted by atomic mass is 10.0. The Morgan fingerprint density at radius 3 is 2.57 bits per heavy atom. The van der Waals surface area contributed by atoms with Crippen molar-refractivity contribution >= 4 is 33.2 Å². The monoisotopic (exact) mass is 331 g/mol. The Morgan fingerprint density at radius 2 is 2.00 bits per heavy atom. The quantitative estimate of drug-likeness (QED) is 0.810. The van der Waals surface area contributed by atoms with Crippen LogP contribution in [-0.4, -0.2) is 44.6 Å². The zero-order valence-corrected chi connectivity index (χ0v) is 13.2. The van der Waals surface area contributed by atoms with Crippen LogP contribution in [0.3, 0.4) is 0 Å². The predicted molar refractivity (Wildman–Crippen MR) is 82.8 cm³/mol. The number of carbonyl (C=O) groups excluding carboxylic acids is 1. The van der Waals surface area contributed by atoms with Gasteiger partial charge >= 0.3 is 0 Å². The average Bonchev–Trinajstić information content (AvgIpc) is 2.40. The van der Waals surface area contributed by atoms with E-state index in [9.17, 15) is 13.2 Å². The van der Waals surface area contributed by atoms with Crippen LogP contribution in [0.4, 0.5) is 5.69 Å². The van der Waals surface area contributed by atoms with Crippen LogP contribution in [0, 0.1) is 0 Å². The molecule has 0 bridgehead atoms. The van der Waals surface area contributed by atoms with Crippen LogP contribution in [0.15, 0.2) is 18.2 Å². The van der Waals surface area contributed by atoms with Gasteiger partial charge in [-0.15, -0.1) is 0 Å². The number of anilines is 1. The largest absolute Gasteiger partial charge is 0.397 e. The minimum atomic E-state index is -3.22. The zero-order chi connectivity index (χ0) is 15.6. The van der Waals surface area contributed by atoms with Crippen molar-refractivity contribution in [3.63, 3.8) is 0 Å². The Balaban J connectivity index is 2.02. The molecule has 3 N–H and O–H groups in total. The first-order chi connectivity index (χ1) is 9.78. The van der Waals surface area contributed by atoms with E-state index >= 15 is 0 Å². The van der Waals surface area contributed by atoms with Gasteiger partial charge in [-0.2, -0.15) is 0 Å². The summed E-state index contributed by atoms with van der Waals surface area (Å²) >= 11 is 5.92. The van der Waals surface area contributed by atoms with E-state index in [-0.39, 0.29) is 17.6 Å². The first-order valence-electron chi connectivity index (χ1n) is 6.58. The van der Waals surface area contributed by atoms with E-state index in [4.69, 9.17) is 17.3 Å². The number of amides is 1.